The van der Waals surface area contributed by atoms with E-state index in [4.69, 9.17) is 23.7 Å². The van der Waals surface area contributed by atoms with Gasteiger partial charge in [-0.05, 0) is 25.3 Å². The Morgan fingerprint density at radius 1 is 1.03 bits per heavy atom. The number of carbonyl (C=O) groups excluding carboxylic acids is 3. The summed E-state index contributed by atoms with van der Waals surface area (Å²) in [5.74, 6) is -1.37. The summed E-state index contributed by atoms with van der Waals surface area (Å²) in [6.45, 7) is 8.67. The zero-order chi connectivity index (χ0) is 27.4. The van der Waals surface area contributed by atoms with Crippen molar-refractivity contribution in [3.05, 3.63) is 53.9 Å². The topological polar surface area (TPSA) is 122 Å². The van der Waals surface area contributed by atoms with Gasteiger partial charge in [0.25, 0.3) is 5.91 Å². The van der Waals surface area contributed by atoms with Crippen molar-refractivity contribution in [1.82, 2.24) is 10.3 Å². The number of carbonyl (C=O) groups is 3. The van der Waals surface area contributed by atoms with Gasteiger partial charge in [-0.3, -0.25) is 9.59 Å². The number of pyridine rings is 1. The van der Waals surface area contributed by atoms with Crippen LogP contribution in [0.4, 0.5) is 0 Å². The van der Waals surface area contributed by atoms with Gasteiger partial charge in [-0.25, -0.2) is 9.78 Å². The zero-order valence-corrected chi connectivity index (χ0v) is 22.2. The fraction of sp³-hybridized carbons (Fsp3) is 0.481. The van der Waals surface area contributed by atoms with Crippen LogP contribution >= 0.6 is 0 Å². The lowest BCUT2D eigenvalue weighted by atomic mass is 10.0. The number of aromatic nitrogens is 1. The number of benzene rings is 1. The van der Waals surface area contributed by atoms with Crippen molar-refractivity contribution >= 4 is 17.8 Å². The van der Waals surface area contributed by atoms with Crippen LogP contribution in [0.2, 0.25) is 0 Å². The van der Waals surface area contributed by atoms with E-state index in [0.717, 1.165) is 5.56 Å². The van der Waals surface area contributed by atoms with E-state index in [1.807, 2.05) is 44.2 Å². The third-order valence-electron chi connectivity index (χ3n) is 5.22. The Bertz CT molecular complexity index is 1030. The molecule has 0 aliphatic carbocycles. The Balaban J connectivity index is 2.07. The molecule has 2 aromatic rings. The van der Waals surface area contributed by atoms with Crippen molar-refractivity contribution in [2.24, 2.45) is 5.92 Å². The van der Waals surface area contributed by atoms with Crippen LogP contribution in [0.25, 0.3) is 0 Å². The van der Waals surface area contributed by atoms with E-state index in [-0.39, 0.29) is 23.3 Å². The maximum absolute atomic E-state index is 12.9. The Hall–Kier alpha value is -3.66. The van der Waals surface area contributed by atoms with Crippen LogP contribution in [-0.4, -0.2) is 61.6 Å². The van der Waals surface area contributed by atoms with Gasteiger partial charge in [0.1, 0.15) is 12.1 Å². The second kappa shape index (κ2) is 14.8. The van der Waals surface area contributed by atoms with E-state index >= 15 is 0 Å². The highest BCUT2D eigenvalue weighted by atomic mass is 16.7. The lowest BCUT2D eigenvalue weighted by Gasteiger charge is -2.26. The highest BCUT2D eigenvalue weighted by Gasteiger charge is 2.28. The molecular weight excluding hydrogens is 480 g/mol. The number of nitrogens with one attached hydrogen (secondary N) is 1. The molecule has 2 rings (SSSR count). The predicted molar refractivity (Wildman–Crippen MR) is 135 cm³/mol. The van der Waals surface area contributed by atoms with Gasteiger partial charge >= 0.3 is 11.9 Å². The molecule has 0 saturated carbocycles. The maximum Gasteiger partial charge on any atom is 0.328 e. The number of hydrogen-bond donors (Lipinski definition) is 1. The number of methoxy groups -OCH3 is 1. The van der Waals surface area contributed by atoms with E-state index in [9.17, 15) is 14.4 Å². The molecule has 0 aliphatic heterocycles. The molecule has 1 N–H and O–H groups in total. The van der Waals surface area contributed by atoms with Crippen molar-refractivity contribution in [3.8, 4) is 11.5 Å². The van der Waals surface area contributed by atoms with Crippen LogP contribution in [0.1, 0.15) is 50.7 Å². The standard InChI is InChI=1S/C27H36N2O8/c1-17(2)15-34-23(14-21-10-8-7-9-11-21)19(4)37-27(32)18(3)29-26(31)24-25(36-16-35-20(5)30)22(33-6)12-13-28-24/h7-13,17-19,23H,14-16H2,1-6H3,(H,29,31)/t18-,19-,23+/m0/s1. The van der Waals surface area contributed by atoms with Crippen LogP contribution in [0, 0.1) is 5.92 Å². The SMILES string of the molecule is COc1ccnc(C(=O)N[C@@H](C)C(=O)O[C@@H](C)[C@@H](Cc2ccccc2)OCC(C)C)c1OCOC(C)=O. The van der Waals surface area contributed by atoms with Gasteiger partial charge in [0.15, 0.2) is 17.2 Å². The summed E-state index contributed by atoms with van der Waals surface area (Å²) >= 11 is 0. The van der Waals surface area contributed by atoms with E-state index in [1.165, 1.54) is 33.2 Å². The van der Waals surface area contributed by atoms with E-state index in [2.05, 4.69) is 10.3 Å². The highest BCUT2D eigenvalue weighted by Crippen LogP contribution is 2.29. The fourth-order valence-corrected chi connectivity index (χ4v) is 3.27. The van der Waals surface area contributed by atoms with Crippen molar-refractivity contribution in [2.45, 2.75) is 59.3 Å². The summed E-state index contributed by atoms with van der Waals surface area (Å²) in [7, 11) is 1.39. The molecule has 37 heavy (non-hydrogen) atoms. The van der Waals surface area contributed by atoms with E-state index < -0.39 is 36.8 Å². The summed E-state index contributed by atoms with van der Waals surface area (Å²) in [5.41, 5.74) is 0.923. The van der Waals surface area contributed by atoms with Crippen LogP contribution < -0.4 is 14.8 Å². The number of hydrogen-bond acceptors (Lipinski definition) is 9. The second-order valence-electron chi connectivity index (χ2n) is 8.88. The molecule has 0 spiro atoms. The third-order valence-corrected chi connectivity index (χ3v) is 5.22. The molecule has 0 bridgehead atoms. The maximum atomic E-state index is 12.9. The first-order chi connectivity index (χ1) is 17.6. The molecule has 1 aromatic heterocycles. The molecule has 3 atom stereocenters. The van der Waals surface area contributed by atoms with Crippen LogP contribution in [0.5, 0.6) is 11.5 Å². The molecule has 0 unspecified atom stereocenters. The van der Waals surface area contributed by atoms with Crippen molar-refractivity contribution in [1.29, 1.82) is 0 Å². The van der Waals surface area contributed by atoms with Crippen molar-refractivity contribution in [2.75, 3.05) is 20.5 Å². The normalized spacial score (nSPS) is 13.3. The minimum atomic E-state index is -0.994. The number of esters is 2. The molecule has 0 saturated heterocycles. The third kappa shape index (κ3) is 9.72. The van der Waals surface area contributed by atoms with Gasteiger partial charge in [-0.2, -0.15) is 0 Å². The smallest absolute Gasteiger partial charge is 0.328 e. The zero-order valence-electron chi connectivity index (χ0n) is 22.2. The molecule has 0 aliphatic rings. The van der Waals surface area contributed by atoms with E-state index in [1.54, 1.807) is 6.92 Å². The van der Waals surface area contributed by atoms with Crippen molar-refractivity contribution in [3.63, 3.8) is 0 Å². The Kier molecular flexibility index (Phi) is 11.8. The first kappa shape index (κ1) is 29.6. The lowest BCUT2D eigenvalue weighted by Crippen LogP contribution is -2.43. The molecular formula is C27H36N2O8. The van der Waals surface area contributed by atoms with Gasteiger partial charge < -0.3 is 29.0 Å². The Morgan fingerprint density at radius 3 is 2.35 bits per heavy atom. The summed E-state index contributed by atoms with van der Waals surface area (Å²) in [4.78, 5) is 40.9. The fourth-order valence-electron chi connectivity index (χ4n) is 3.27. The summed E-state index contributed by atoms with van der Waals surface area (Å²) in [6.07, 6.45) is 0.999. The molecule has 202 valence electrons. The van der Waals surface area contributed by atoms with Gasteiger partial charge in [-0.1, -0.05) is 44.2 Å². The van der Waals surface area contributed by atoms with Crippen LogP contribution in [0.3, 0.4) is 0 Å². The van der Waals surface area contributed by atoms with Gasteiger partial charge in [-0.15, -0.1) is 0 Å². The summed E-state index contributed by atoms with van der Waals surface area (Å²) in [6, 6.07) is 10.3. The first-order valence-electron chi connectivity index (χ1n) is 12.1. The average Bonchev–Trinajstić information content (AvgIpc) is 2.86. The molecule has 1 aromatic carbocycles. The molecule has 10 heteroatoms. The van der Waals surface area contributed by atoms with E-state index in [0.29, 0.717) is 18.9 Å². The first-order valence-corrected chi connectivity index (χ1v) is 12.1. The highest BCUT2D eigenvalue weighted by molar-refractivity contribution is 5.98. The summed E-state index contributed by atoms with van der Waals surface area (Å²) in [5, 5.41) is 2.57. The van der Waals surface area contributed by atoms with Gasteiger partial charge in [0.2, 0.25) is 6.79 Å². The molecule has 0 fully saturated rings. The monoisotopic (exact) mass is 516 g/mol. The molecule has 10 nitrogen and oxygen atoms in total. The largest absolute Gasteiger partial charge is 0.493 e. The quantitative estimate of drug-likeness (QED) is 0.298. The lowest BCUT2D eigenvalue weighted by molar-refractivity contribution is -0.158. The van der Waals surface area contributed by atoms with Crippen LogP contribution in [0.15, 0.2) is 42.6 Å². The number of nitrogens with zero attached hydrogens (tertiary/aromatic N) is 1. The summed E-state index contributed by atoms with van der Waals surface area (Å²) < 4.78 is 27.1. The predicted octanol–water partition coefficient (Wildman–Crippen LogP) is 3.32. The molecule has 1 heterocycles. The number of ether oxygens (including phenoxy) is 5. The molecule has 0 radical (unpaired) electrons. The van der Waals surface area contributed by atoms with Crippen LogP contribution in [-0.2, 0) is 30.2 Å². The van der Waals surface area contributed by atoms with Crippen molar-refractivity contribution < 1.29 is 38.1 Å². The minimum absolute atomic E-state index is 0.0253. The average molecular weight is 517 g/mol. The molecule has 1 amide bonds. The number of rotatable bonds is 14. The Labute approximate surface area is 217 Å². The Morgan fingerprint density at radius 2 is 1.73 bits per heavy atom. The van der Waals surface area contributed by atoms with Gasteiger partial charge in [0.05, 0.1) is 13.2 Å². The number of amides is 1. The second-order valence-corrected chi connectivity index (χ2v) is 8.88. The van der Waals surface area contributed by atoms with Gasteiger partial charge in [0, 0.05) is 32.2 Å². The minimum Gasteiger partial charge on any atom is -0.493 e.